The molecule has 3 atom stereocenters. The van der Waals surface area contributed by atoms with Gasteiger partial charge in [-0.2, -0.15) is 13.2 Å². The van der Waals surface area contributed by atoms with Crippen molar-refractivity contribution in [1.29, 1.82) is 0 Å². The maximum atomic E-state index is 12.5. The number of nitrogens with zero attached hydrogens (tertiary/aromatic N) is 2. The number of hydrogen-bond acceptors (Lipinski definition) is 3. The summed E-state index contributed by atoms with van der Waals surface area (Å²) >= 11 is 0. The lowest BCUT2D eigenvalue weighted by Gasteiger charge is -2.40. The van der Waals surface area contributed by atoms with Crippen molar-refractivity contribution in [3.8, 4) is 0 Å². The molecule has 2 amide bonds. The van der Waals surface area contributed by atoms with Gasteiger partial charge in [0.25, 0.3) is 0 Å². The molecule has 0 saturated carbocycles. The SMILES string of the molecule is CC(NC(=O)N1CCN(CC(F)(F)F)C(C)C1)C1CCOC1. The Morgan fingerprint density at radius 3 is 2.68 bits per heavy atom. The molecular weight excluding hydrogens is 299 g/mol. The predicted molar refractivity (Wildman–Crippen MR) is 75.6 cm³/mol. The van der Waals surface area contributed by atoms with E-state index in [9.17, 15) is 18.0 Å². The van der Waals surface area contributed by atoms with E-state index in [0.717, 1.165) is 13.0 Å². The molecular formula is C14H24F3N3O2. The summed E-state index contributed by atoms with van der Waals surface area (Å²) in [6, 6.07) is -0.484. The summed E-state index contributed by atoms with van der Waals surface area (Å²) in [5, 5.41) is 2.94. The number of carbonyl (C=O) groups excluding carboxylic acids is 1. The summed E-state index contributed by atoms with van der Waals surface area (Å²) < 4.78 is 42.7. The lowest BCUT2D eigenvalue weighted by atomic mass is 10.0. The van der Waals surface area contributed by atoms with E-state index in [0.29, 0.717) is 25.6 Å². The highest BCUT2D eigenvalue weighted by molar-refractivity contribution is 5.74. The van der Waals surface area contributed by atoms with E-state index < -0.39 is 12.7 Å². The maximum Gasteiger partial charge on any atom is 0.401 e. The largest absolute Gasteiger partial charge is 0.401 e. The lowest BCUT2D eigenvalue weighted by Crippen LogP contribution is -2.58. The number of rotatable bonds is 3. The number of amides is 2. The number of carbonyl (C=O) groups is 1. The molecule has 0 aromatic rings. The van der Waals surface area contributed by atoms with E-state index >= 15 is 0 Å². The van der Waals surface area contributed by atoms with Gasteiger partial charge in [0, 0.05) is 44.2 Å². The van der Waals surface area contributed by atoms with Crippen molar-refractivity contribution >= 4 is 6.03 Å². The molecule has 5 nitrogen and oxygen atoms in total. The van der Waals surface area contributed by atoms with Crippen molar-refractivity contribution in [2.45, 2.75) is 38.5 Å². The lowest BCUT2D eigenvalue weighted by molar-refractivity contribution is -0.153. The van der Waals surface area contributed by atoms with Gasteiger partial charge in [-0.25, -0.2) is 4.79 Å². The topological polar surface area (TPSA) is 44.8 Å². The van der Waals surface area contributed by atoms with Crippen LogP contribution in [0.5, 0.6) is 0 Å². The highest BCUT2D eigenvalue weighted by Gasteiger charge is 2.36. The fourth-order valence-electron chi connectivity index (χ4n) is 3.00. The van der Waals surface area contributed by atoms with Gasteiger partial charge < -0.3 is 15.0 Å². The van der Waals surface area contributed by atoms with Gasteiger partial charge in [0.1, 0.15) is 0 Å². The Labute approximate surface area is 128 Å². The van der Waals surface area contributed by atoms with Gasteiger partial charge in [-0.3, -0.25) is 4.90 Å². The minimum Gasteiger partial charge on any atom is -0.381 e. The number of piperazine rings is 1. The number of alkyl halides is 3. The van der Waals surface area contributed by atoms with Crippen molar-refractivity contribution in [1.82, 2.24) is 15.1 Å². The Bertz CT molecular complexity index is 386. The molecule has 22 heavy (non-hydrogen) atoms. The van der Waals surface area contributed by atoms with Gasteiger partial charge in [-0.1, -0.05) is 0 Å². The number of halogens is 3. The predicted octanol–water partition coefficient (Wildman–Crippen LogP) is 1.69. The first-order valence-corrected chi connectivity index (χ1v) is 7.70. The summed E-state index contributed by atoms with van der Waals surface area (Å²) in [5.41, 5.74) is 0. The van der Waals surface area contributed by atoms with E-state index in [1.807, 2.05) is 6.92 Å². The number of urea groups is 1. The van der Waals surface area contributed by atoms with Crippen LogP contribution in [0.4, 0.5) is 18.0 Å². The van der Waals surface area contributed by atoms with E-state index in [4.69, 9.17) is 4.74 Å². The van der Waals surface area contributed by atoms with Gasteiger partial charge in [-0.05, 0) is 20.3 Å². The fraction of sp³-hybridized carbons (Fsp3) is 0.929. The molecule has 3 unspecified atom stereocenters. The standard InChI is InChI=1S/C14H24F3N3O2/c1-10-7-19(4-5-20(10)9-14(15,16)17)13(21)18-11(2)12-3-6-22-8-12/h10-12H,3-9H2,1-2H3,(H,18,21). The molecule has 8 heteroatoms. The summed E-state index contributed by atoms with van der Waals surface area (Å²) in [7, 11) is 0. The molecule has 2 aliphatic rings. The van der Waals surface area contributed by atoms with E-state index in [-0.39, 0.29) is 24.7 Å². The summed E-state index contributed by atoms with van der Waals surface area (Å²) in [6.45, 7) is 5.00. The third-order valence-electron chi connectivity index (χ3n) is 4.46. The van der Waals surface area contributed by atoms with Crippen molar-refractivity contribution < 1.29 is 22.7 Å². The van der Waals surface area contributed by atoms with Crippen LogP contribution < -0.4 is 5.32 Å². The van der Waals surface area contributed by atoms with Crippen molar-refractivity contribution in [3.63, 3.8) is 0 Å². The van der Waals surface area contributed by atoms with Gasteiger partial charge >= 0.3 is 12.2 Å². The first-order valence-electron chi connectivity index (χ1n) is 7.70. The second-order valence-electron chi connectivity index (χ2n) is 6.24. The summed E-state index contributed by atoms with van der Waals surface area (Å²) in [4.78, 5) is 15.2. The molecule has 1 N–H and O–H groups in total. The Kier molecular flexibility index (Phi) is 5.55. The van der Waals surface area contributed by atoms with Crippen LogP contribution in [0, 0.1) is 5.92 Å². The number of ether oxygens (including phenoxy) is 1. The smallest absolute Gasteiger partial charge is 0.381 e. The summed E-state index contributed by atoms with van der Waals surface area (Å²) in [6.07, 6.45) is -3.27. The average Bonchev–Trinajstić information content (AvgIpc) is 2.93. The van der Waals surface area contributed by atoms with Crippen molar-refractivity contribution in [3.05, 3.63) is 0 Å². The van der Waals surface area contributed by atoms with Gasteiger partial charge in [0.05, 0.1) is 13.2 Å². The molecule has 0 aromatic heterocycles. The molecule has 2 heterocycles. The van der Waals surface area contributed by atoms with Crippen LogP contribution in [0.3, 0.4) is 0 Å². The molecule has 2 rings (SSSR count). The normalized spacial score (nSPS) is 28.7. The fourth-order valence-corrected chi connectivity index (χ4v) is 3.00. The first-order chi connectivity index (χ1) is 10.3. The third-order valence-corrected chi connectivity index (χ3v) is 4.46. The Hall–Kier alpha value is -1.02. The Morgan fingerprint density at radius 2 is 2.14 bits per heavy atom. The van der Waals surface area contributed by atoms with Gasteiger partial charge in [0.15, 0.2) is 0 Å². The van der Waals surface area contributed by atoms with E-state index in [1.165, 1.54) is 4.90 Å². The second-order valence-corrected chi connectivity index (χ2v) is 6.24. The highest BCUT2D eigenvalue weighted by Crippen LogP contribution is 2.21. The summed E-state index contributed by atoms with van der Waals surface area (Å²) in [5.74, 6) is 0.313. The molecule has 2 aliphatic heterocycles. The molecule has 0 aliphatic carbocycles. The second kappa shape index (κ2) is 7.04. The molecule has 128 valence electrons. The molecule has 2 saturated heterocycles. The van der Waals surface area contributed by atoms with Crippen LogP contribution >= 0.6 is 0 Å². The Balaban J connectivity index is 1.80. The van der Waals surface area contributed by atoms with Crippen LogP contribution in [0.15, 0.2) is 0 Å². The molecule has 0 bridgehead atoms. The Morgan fingerprint density at radius 1 is 1.41 bits per heavy atom. The highest BCUT2D eigenvalue weighted by atomic mass is 19.4. The van der Waals surface area contributed by atoms with Crippen LogP contribution in [-0.4, -0.2) is 73.5 Å². The zero-order valence-corrected chi connectivity index (χ0v) is 13.0. The molecule has 2 fully saturated rings. The minimum atomic E-state index is -4.20. The van der Waals surface area contributed by atoms with Crippen molar-refractivity contribution in [2.75, 3.05) is 39.4 Å². The first kappa shape index (κ1) is 17.3. The van der Waals surface area contributed by atoms with Crippen molar-refractivity contribution in [2.24, 2.45) is 5.92 Å². The van der Waals surface area contributed by atoms with Gasteiger partial charge in [0.2, 0.25) is 0 Å². The third kappa shape index (κ3) is 4.74. The zero-order chi connectivity index (χ0) is 16.3. The van der Waals surface area contributed by atoms with Crippen LogP contribution in [0.2, 0.25) is 0 Å². The van der Waals surface area contributed by atoms with Crippen LogP contribution in [0.25, 0.3) is 0 Å². The van der Waals surface area contributed by atoms with Crippen LogP contribution in [0.1, 0.15) is 20.3 Å². The minimum absolute atomic E-state index is 0.0125. The maximum absolute atomic E-state index is 12.5. The average molecular weight is 323 g/mol. The number of hydrogen-bond donors (Lipinski definition) is 1. The van der Waals surface area contributed by atoms with E-state index in [2.05, 4.69) is 5.32 Å². The monoisotopic (exact) mass is 323 g/mol. The van der Waals surface area contributed by atoms with Gasteiger partial charge in [-0.15, -0.1) is 0 Å². The number of nitrogens with one attached hydrogen (secondary N) is 1. The van der Waals surface area contributed by atoms with Crippen LogP contribution in [-0.2, 0) is 4.74 Å². The zero-order valence-electron chi connectivity index (χ0n) is 13.0. The molecule has 0 spiro atoms. The molecule has 0 aromatic carbocycles. The molecule has 0 radical (unpaired) electrons. The van der Waals surface area contributed by atoms with E-state index in [1.54, 1.807) is 11.8 Å². The quantitative estimate of drug-likeness (QED) is 0.860.